The van der Waals surface area contributed by atoms with Crippen molar-refractivity contribution in [1.29, 1.82) is 0 Å². The molecule has 0 amide bonds. The van der Waals surface area contributed by atoms with Crippen LogP contribution in [0.15, 0.2) is 59.1 Å². The molecule has 3 aromatic rings. The lowest BCUT2D eigenvalue weighted by Crippen LogP contribution is -2.13. The quantitative estimate of drug-likeness (QED) is 0.302. The summed E-state index contributed by atoms with van der Waals surface area (Å²) in [5, 5.41) is 13.4. The third kappa shape index (κ3) is 7.02. The van der Waals surface area contributed by atoms with Gasteiger partial charge >= 0.3 is 5.97 Å². The highest BCUT2D eigenvalue weighted by Gasteiger charge is 2.13. The SMILES string of the molecule is COc1cc(CNCc2ccc(C(=O)O)cc2)cc(Br)c1OCc1ccc(Cl)cc1Cl.Cl. The van der Waals surface area contributed by atoms with E-state index in [4.69, 9.17) is 37.8 Å². The second-order valence-corrected chi connectivity index (χ2v) is 8.44. The first kappa shape index (κ1) is 26.3. The summed E-state index contributed by atoms with van der Waals surface area (Å²) in [6, 6.07) is 15.9. The molecule has 5 nitrogen and oxygen atoms in total. The summed E-state index contributed by atoms with van der Waals surface area (Å²) in [6.45, 7) is 1.47. The largest absolute Gasteiger partial charge is 0.493 e. The molecule has 0 aliphatic heterocycles. The molecule has 3 rings (SSSR count). The van der Waals surface area contributed by atoms with Gasteiger partial charge < -0.3 is 19.9 Å². The van der Waals surface area contributed by atoms with Crippen LogP contribution < -0.4 is 14.8 Å². The van der Waals surface area contributed by atoms with E-state index >= 15 is 0 Å². The Morgan fingerprint density at radius 3 is 2.34 bits per heavy atom. The minimum Gasteiger partial charge on any atom is -0.493 e. The number of hydrogen-bond acceptors (Lipinski definition) is 4. The molecule has 32 heavy (non-hydrogen) atoms. The van der Waals surface area contributed by atoms with Crippen LogP contribution in [-0.4, -0.2) is 18.2 Å². The minimum atomic E-state index is -0.933. The van der Waals surface area contributed by atoms with Crippen LogP contribution in [0.4, 0.5) is 0 Å². The number of hydrogen-bond donors (Lipinski definition) is 2. The number of carboxylic acid groups (broad SMARTS) is 1. The van der Waals surface area contributed by atoms with Crippen LogP contribution in [-0.2, 0) is 19.7 Å². The summed E-state index contributed by atoms with van der Waals surface area (Å²) >= 11 is 15.7. The van der Waals surface area contributed by atoms with Crippen molar-refractivity contribution in [2.45, 2.75) is 19.7 Å². The highest BCUT2D eigenvalue weighted by atomic mass is 79.9. The van der Waals surface area contributed by atoms with E-state index in [1.165, 1.54) is 0 Å². The zero-order valence-corrected chi connectivity index (χ0v) is 20.9. The Morgan fingerprint density at radius 1 is 1.03 bits per heavy atom. The van der Waals surface area contributed by atoms with E-state index in [0.717, 1.165) is 21.2 Å². The lowest BCUT2D eigenvalue weighted by Gasteiger charge is -2.15. The fraction of sp³-hybridized carbons (Fsp3) is 0.174. The number of ether oxygens (including phenoxy) is 2. The molecule has 0 unspecified atom stereocenters. The maximum atomic E-state index is 10.9. The van der Waals surface area contributed by atoms with Gasteiger partial charge in [-0.2, -0.15) is 0 Å². The van der Waals surface area contributed by atoms with Crippen molar-refractivity contribution in [2.24, 2.45) is 0 Å². The third-order valence-corrected chi connectivity index (χ3v) is 5.71. The molecule has 0 fully saturated rings. The fourth-order valence-corrected chi connectivity index (χ4v) is 3.99. The second-order valence-electron chi connectivity index (χ2n) is 6.74. The van der Waals surface area contributed by atoms with Gasteiger partial charge in [-0.25, -0.2) is 4.79 Å². The van der Waals surface area contributed by atoms with Gasteiger partial charge in [-0.1, -0.05) is 41.4 Å². The number of halogens is 4. The Morgan fingerprint density at radius 2 is 1.72 bits per heavy atom. The number of benzene rings is 3. The van der Waals surface area contributed by atoms with Gasteiger partial charge in [-0.3, -0.25) is 0 Å². The zero-order valence-electron chi connectivity index (χ0n) is 17.0. The molecule has 0 radical (unpaired) electrons. The zero-order chi connectivity index (χ0) is 22.4. The average Bonchev–Trinajstić information content (AvgIpc) is 2.74. The van der Waals surface area contributed by atoms with Gasteiger partial charge in [0.25, 0.3) is 0 Å². The standard InChI is InChI=1S/C23H20BrCl2NO4.ClH/c1-30-21-9-15(12-27-11-14-2-4-16(5-3-14)23(28)29)8-19(24)22(21)31-13-17-6-7-18(25)10-20(17)26;/h2-10,27H,11-13H2,1H3,(H,28,29);1H. The molecule has 0 bridgehead atoms. The summed E-state index contributed by atoms with van der Waals surface area (Å²) in [5.41, 5.74) is 3.09. The molecule has 0 aliphatic carbocycles. The molecule has 9 heteroatoms. The van der Waals surface area contributed by atoms with Gasteiger partial charge in [0.05, 0.1) is 17.1 Å². The molecule has 0 aliphatic rings. The van der Waals surface area contributed by atoms with Crippen LogP contribution >= 0.6 is 51.5 Å². The number of carboxylic acids is 1. The molecular formula is C23H21BrCl3NO4. The molecule has 3 aromatic carbocycles. The van der Waals surface area contributed by atoms with Crippen molar-refractivity contribution < 1.29 is 19.4 Å². The van der Waals surface area contributed by atoms with Crippen LogP contribution in [0, 0.1) is 0 Å². The Hall–Kier alpha value is -1.96. The second kappa shape index (κ2) is 12.3. The van der Waals surface area contributed by atoms with E-state index in [1.807, 2.05) is 18.2 Å². The van der Waals surface area contributed by atoms with Crippen molar-refractivity contribution in [3.63, 3.8) is 0 Å². The van der Waals surface area contributed by atoms with E-state index in [9.17, 15) is 4.79 Å². The molecule has 2 N–H and O–H groups in total. The molecule has 0 heterocycles. The predicted molar refractivity (Wildman–Crippen MR) is 133 cm³/mol. The minimum absolute atomic E-state index is 0. The van der Waals surface area contributed by atoms with Crippen molar-refractivity contribution in [1.82, 2.24) is 5.32 Å². The Balaban J connectivity index is 0.00000363. The van der Waals surface area contributed by atoms with Gasteiger partial charge in [0.1, 0.15) is 6.61 Å². The molecule has 0 saturated heterocycles. The topological polar surface area (TPSA) is 67.8 Å². The molecule has 0 saturated carbocycles. The van der Waals surface area contributed by atoms with E-state index in [-0.39, 0.29) is 24.6 Å². The summed E-state index contributed by atoms with van der Waals surface area (Å²) < 4.78 is 12.2. The Bertz CT molecular complexity index is 1080. The van der Waals surface area contributed by atoms with Gasteiger partial charge in [0, 0.05) is 28.7 Å². The monoisotopic (exact) mass is 559 g/mol. The van der Waals surface area contributed by atoms with Crippen LogP contribution in [0.5, 0.6) is 11.5 Å². The first-order valence-electron chi connectivity index (χ1n) is 9.33. The summed E-state index contributed by atoms with van der Waals surface area (Å²) in [5.74, 6) is 0.251. The molecule has 0 atom stereocenters. The summed E-state index contributed by atoms with van der Waals surface area (Å²) in [4.78, 5) is 10.9. The normalized spacial score (nSPS) is 10.4. The Labute approximate surface area is 211 Å². The number of methoxy groups -OCH3 is 1. The van der Waals surface area contributed by atoms with Gasteiger partial charge in [0.15, 0.2) is 11.5 Å². The molecule has 0 spiro atoms. The van der Waals surface area contributed by atoms with Gasteiger partial charge in [0.2, 0.25) is 0 Å². The first-order valence-corrected chi connectivity index (χ1v) is 10.9. The summed E-state index contributed by atoms with van der Waals surface area (Å²) in [7, 11) is 1.59. The van der Waals surface area contributed by atoms with Crippen LogP contribution in [0.25, 0.3) is 0 Å². The first-order chi connectivity index (χ1) is 14.9. The fourth-order valence-electron chi connectivity index (χ4n) is 2.92. The number of aromatic carboxylic acids is 1. The third-order valence-electron chi connectivity index (χ3n) is 4.54. The maximum absolute atomic E-state index is 10.9. The highest BCUT2D eigenvalue weighted by molar-refractivity contribution is 9.10. The van der Waals surface area contributed by atoms with Crippen LogP contribution in [0.2, 0.25) is 10.0 Å². The van der Waals surface area contributed by atoms with Crippen LogP contribution in [0.1, 0.15) is 27.0 Å². The number of nitrogens with one attached hydrogen (secondary N) is 1. The smallest absolute Gasteiger partial charge is 0.335 e. The van der Waals surface area contributed by atoms with Crippen molar-refractivity contribution in [3.05, 3.63) is 91.4 Å². The van der Waals surface area contributed by atoms with Gasteiger partial charge in [-0.05, 0) is 63.5 Å². The lowest BCUT2D eigenvalue weighted by atomic mass is 10.1. The maximum Gasteiger partial charge on any atom is 0.335 e. The van der Waals surface area contributed by atoms with Crippen molar-refractivity contribution in [3.8, 4) is 11.5 Å². The average molecular weight is 562 g/mol. The van der Waals surface area contributed by atoms with Crippen molar-refractivity contribution >= 4 is 57.5 Å². The number of rotatable bonds is 9. The van der Waals surface area contributed by atoms with E-state index in [1.54, 1.807) is 43.5 Å². The van der Waals surface area contributed by atoms with Crippen molar-refractivity contribution in [2.75, 3.05) is 7.11 Å². The predicted octanol–water partition coefficient (Wildman–Crippen LogP) is 6.75. The molecule has 0 aromatic heterocycles. The van der Waals surface area contributed by atoms with Gasteiger partial charge in [-0.15, -0.1) is 12.4 Å². The molecule has 170 valence electrons. The van der Waals surface area contributed by atoms with Crippen LogP contribution in [0.3, 0.4) is 0 Å². The Kier molecular flexibility index (Phi) is 10.1. The highest BCUT2D eigenvalue weighted by Crippen LogP contribution is 2.37. The van der Waals surface area contributed by atoms with E-state index in [0.29, 0.717) is 34.6 Å². The van der Waals surface area contributed by atoms with E-state index < -0.39 is 5.97 Å². The lowest BCUT2D eigenvalue weighted by molar-refractivity contribution is 0.0697. The number of carbonyl (C=O) groups is 1. The van der Waals surface area contributed by atoms with E-state index in [2.05, 4.69) is 21.2 Å². The summed E-state index contributed by atoms with van der Waals surface area (Å²) in [6.07, 6.45) is 0. The molecular weight excluding hydrogens is 541 g/mol.